The SMILES string of the molecule is CC(C)N(C)C(=O)CNCCN1CCCCC1. The number of nitrogens with zero attached hydrogens (tertiary/aromatic N) is 2. The Labute approximate surface area is 105 Å². The van der Waals surface area contributed by atoms with Gasteiger partial charge in [-0.1, -0.05) is 6.42 Å². The van der Waals surface area contributed by atoms with Gasteiger partial charge in [0.25, 0.3) is 0 Å². The van der Waals surface area contributed by atoms with Crippen molar-refractivity contribution in [2.24, 2.45) is 0 Å². The number of likely N-dealkylation sites (tertiary alicyclic amines) is 1. The number of piperidine rings is 1. The smallest absolute Gasteiger partial charge is 0.236 e. The van der Waals surface area contributed by atoms with E-state index in [1.54, 1.807) is 4.90 Å². The Morgan fingerprint density at radius 3 is 2.53 bits per heavy atom. The zero-order valence-electron chi connectivity index (χ0n) is 11.5. The monoisotopic (exact) mass is 241 g/mol. The molecule has 1 rings (SSSR count). The molecule has 0 bridgehead atoms. The molecule has 0 unspecified atom stereocenters. The van der Waals surface area contributed by atoms with Gasteiger partial charge in [-0.25, -0.2) is 0 Å². The fourth-order valence-corrected chi connectivity index (χ4v) is 2.03. The highest BCUT2D eigenvalue weighted by atomic mass is 16.2. The van der Waals surface area contributed by atoms with Gasteiger partial charge >= 0.3 is 0 Å². The van der Waals surface area contributed by atoms with Crippen molar-refractivity contribution in [3.05, 3.63) is 0 Å². The molecule has 0 atom stereocenters. The molecule has 0 aromatic carbocycles. The molecule has 17 heavy (non-hydrogen) atoms. The second kappa shape index (κ2) is 7.67. The third-order valence-electron chi connectivity index (χ3n) is 3.50. The molecule has 1 amide bonds. The van der Waals surface area contributed by atoms with Crippen LogP contribution in [0.1, 0.15) is 33.1 Å². The number of rotatable bonds is 6. The molecule has 1 aliphatic heterocycles. The van der Waals surface area contributed by atoms with Crippen LogP contribution < -0.4 is 5.32 Å². The van der Waals surface area contributed by atoms with Gasteiger partial charge in [-0.05, 0) is 39.8 Å². The Kier molecular flexibility index (Phi) is 6.52. The van der Waals surface area contributed by atoms with Crippen LogP contribution in [0.4, 0.5) is 0 Å². The number of amides is 1. The first-order valence-corrected chi connectivity index (χ1v) is 6.80. The summed E-state index contributed by atoms with van der Waals surface area (Å²) in [5.41, 5.74) is 0. The van der Waals surface area contributed by atoms with Crippen molar-refractivity contribution in [2.75, 3.05) is 39.8 Å². The first-order chi connectivity index (χ1) is 8.11. The normalized spacial score (nSPS) is 17.4. The molecule has 4 heteroatoms. The summed E-state index contributed by atoms with van der Waals surface area (Å²) in [4.78, 5) is 16.0. The standard InChI is InChI=1S/C13H27N3O/c1-12(2)15(3)13(17)11-14-7-10-16-8-5-4-6-9-16/h12,14H,4-11H2,1-3H3. The second-order valence-corrected chi connectivity index (χ2v) is 5.18. The van der Waals surface area contributed by atoms with E-state index in [4.69, 9.17) is 0 Å². The minimum absolute atomic E-state index is 0.179. The first kappa shape index (κ1) is 14.5. The summed E-state index contributed by atoms with van der Waals surface area (Å²) in [5, 5.41) is 3.24. The molecule has 0 aromatic heterocycles. The topological polar surface area (TPSA) is 35.6 Å². The molecule has 1 saturated heterocycles. The fourth-order valence-electron chi connectivity index (χ4n) is 2.03. The van der Waals surface area contributed by atoms with E-state index in [0.717, 1.165) is 13.1 Å². The van der Waals surface area contributed by atoms with Crippen molar-refractivity contribution in [2.45, 2.75) is 39.2 Å². The molecule has 100 valence electrons. The maximum absolute atomic E-state index is 11.7. The number of carbonyl (C=O) groups excluding carboxylic acids is 1. The van der Waals surface area contributed by atoms with E-state index in [0.29, 0.717) is 6.54 Å². The van der Waals surface area contributed by atoms with Crippen LogP contribution in [0.5, 0.6) is 0 Å². The van der Waals surface area contributed by atoms with E-state index in [1.807, 2.05) is 20.9 Å². The molecule has 1 fully saturated rings. The molecular formula is C13H27N3O. The van der Waals surface area contributed by atoms with Crippen LogP contribution >= 0.6 is 0 Å². The van der Waals surface area contributed by atoms with Crippen molar-refractivity contribution in [1.82, 2.24) is 15.1 Å². The Balaban J connectivity index is 2.05. The largest absolute Gasteiger partial charge is 0.342 e. The van der Waals surface area contributed by atoms with E-state index in [1.165, 1.54) is 32.4 Å². The van der Waals surface area contributed by atoms with Crippen LogP contribution in [-0.2, 0) is 4.79 Å². The van der Waals surface area contributed by atoms with Gasteiger partial charge in [-0.2, -0.15) is 0 Å². The molecule has 0 saturated carbocycles. The van der Waals surface area contributed by atoms with Crippen molar-refractivity contribution in [3.63, 3.8) is 0 Å². The molecule has 0 radical (unpaired) electrons. The van der Waals surface area contributed by atoms with Gasteiger partial charge in [-0.15, -0.1) is 0 Å². The van der Waals surface area contributed by atoms with Gasteiger partial charge in [0.1, 0.15) is 0 Å². The quantitative estimate of drug-likeness (QED) is 0.703. The van der Waals surface area contributed by atoms with Gasteiger partial charge in [0.2, 0.25) is 5.91 Å². The molecule has 1 N–H and O–H groups in total. The number of carbonyl (C=O) groups is 1. The minimum atomic E-state index is 0.179. The predicted octanol–water partition coefficient (Wildman–Crippen LogP) is 0.929. The van der Waals surface area contributed by atoms with Gasteiger partial charge in [0, 0.05) is 26.2 Å². The average Bonchev–Trinajstić information content (AvgIpc) is 2.34. The van der Waals surface area contributed by atoms with Crippen LogP contribution in [0.3, 0.4) is 0 Å². The Morgan fingerprint density at radius 2 is 1.94 bits per heavy atom. The Bertz CT molecular complexity index is 225. The van der Waals surface area contributed by atoms with Gasteiger partial charge < -0.3 is 15.1 Å². The summed E-state index contributed by atoms with van der Waals surface area (Å²) in [6.07, 6.45) is 4.03. The zero-order chi connectivity index (χ0) is 12.7. The van der Waals surface area contributed by atoms with Crippen molar-refractivity contribution >= 4 is 5.91 Å². The summed E-state index contributed by atoms with van der Waals surface area (Å²) in [6.45, 7) is 8.96. The number of hydrogen-bond donors (Lipinski definition) is 1. The highest BCUT2D eigenvalue weighted by Gasteiger charge is 2.12. The molecular weight excluding hydrogens is 214 g/mol. The minimum Gasteiger partial charge on any atom is -0.342 e. The number of likely N-dealkylation sites (N-methyl/N-ethyl adjacent to an activating group) is 1. The number of hydrogen-bond acceptors (Lipinski definition) is 3. The number of nitrogens with one attached hydrogen (secondary N) is 1. The van der Waals surface area contributed by atoms with E-state index < -0.39 is 0 Å². The predicted molar refractivity (Wildman–Crippen MR) is 71.1 cm³/mol. The highest BCUT2D eigenvalue weighted by Crippen LogP contribution is 2.07. The molecule has 1 aliphatic rings. The van der Waals surface area contributed by atoms with Crippen molar-refractivity contribution in [1.29, 1.82) is 0 Å². The second-order valence-electron chi connectivity index (χ2n) is 5.18. The van der Waals surface area contributed by atoms with Crippen LogP contribution in [0, 0.1) is 0 Å². The third kappa shape index (κ3) is 5.50. The van der Waals surface area contributed by atoms with E-state index >= 15 is 0 Å². The Hall–Kier alpha value is -0.610. The van der Waals surface area contributed by atoms with Gasteiger partial charge in [-0.3, -0.25) is 4.79 Å². The maximum Gasteiger partial charge on any atom is 0.236 e. The lowest BCUT2D eigenvalue weighted by molar-refractivity contribution is -0.130. The fraction of sp³-hybridized carbons (Fsp3) is 0.923. The Morgan fingerprint density at radius 1 is 1.29 bits per heavy atom. The first-order valence-electron chi connectivity index (χ1n) is 6.80. The van der Waals surface area contributed by atoms with Gasteiger partial charge in [0.05, 0.1) is 6.54 Å². The van der Waals surface area contributed by atoms with E-state index in [2.05, 4.69) is 10.2 Å². The molecule has 0 spiro atoms. The summed E-state index contributed by atoms with van der Waals surface area (Å²) < 4.78 is 0. The lowest BCUT2D eigenvalue weighted by Crippen LogP contribution is -2.42. The molecule has 1 heterocycles. The van der Waals surface area contributed by atoms with Crippen molar-refractivity contribution in [3.8, 4) is 0 Å². The van der Waals surface area contributed by atoms with Crippen LogP contribution in [0.25, 0.3) is 0 Å². The zero-order valence-corrected chi connectivity index (χ0v) is 11.5. The lowest BCUT2D eigenvalue weighted by atomic mass is 10.1. The average molecular weight is 241 g/mol. The summed E-state index contributed by atoms with van der Waals surface area (Å²) in [5.74, 6) is 0.179. The summed E-state index contributed by atoms with van der Waals surface area (Å²) >= 11 is 0. The molecule has 0 aromatic rings. The van der Waals surface area contributed by atoms with Gasteiger partial charge in [0.15, 0.2) is 0 Å². The van der Waals surface area contributed by atoms with Crippen LogP contribution in [0.15, 0.2) is 0 Å². The van der Waals surface area contributed by atoms with E-state index in [9.17, 15) is 4.79 Å². The molecule has 0 aliphatic carbocycles. The van der Waals surface area contributed by atoms with Crippen LogP contribution in [0.2, 0.25) is 0 Å². The lowest BCUT2D eigenvalue weighted by Gasteiger charge is -2.26. The summed E-state index contributed by atoms with van der Waals surface area (Å²) in [7, 11) is 1.86. The third-order valence-corrected chi connectivity index (χ3v) is 3.50. The highest BCUT2D eigenvalue weighted by molar-refractivity contribution is 5.78. The van der Waals surface area contributed by atoms with Crippen LogP contribution in [-0.4, -0.2) is 61.5 Å². The van der Waals surface area contributed by atoms with Crippen molar-refractivity contribution < 1.29 is 4.79 Å². The molecule has 4 nitrogen and oxygen atoms in total. The maximum atomic E-state index is 11.7. The van der Waals surface area contributed by atoms with E-state index in [-0.39, 0.29) is 11.9 Å². The summed E-state index contributed by atoms with van der Waals surface area (Å²) in [6, 6.07) is 0.284.